The normalized spacial score (nSPS) is 18.6. The summed E-state index contributed by atoms with van der Waals surface area (Å²) in [6.45, 7) is 0.767. The highest BCUT2D eigenvalue weighted by Crippen LogP contribution is 2.32. The minimum absolute atomic E-state index is 0.367. The van der Waals surface area contributed by atoms with Crippen LogP contribution in [0.15, 0.2) is 30.5 Å². The number of amides is 1. The van der Waals surface area contributed by atoms with E-state index in [1.807, 2.05) is 6.20 Å². The van der Waals surface area contributed by atoms with Crippen molar-refractivity contribution in [1.29, 1.82) is 0 Å². The summed E-state index contributed by atoms with van der Waals surface area (Å²) in [5.41, 5.74) is 2.40. The lowest BCUT2D eigenvalue weighted by Gasteiger charge is -2.23. The molecule has 0 bridgehead atoms. The summed E-state index contributed by atoms with van der Waals surface area (Å²) < 4.78 is 0. The topological polar surface area (TPSA) is 36.1 Å². The number of rotatable bonds is 6. The van der Waals surface area contributed by atoms with E-state index in [0.29, 0.717) is 11.9 Å². The number of hydrogen-bond donors (Lipinski definition) is 1. The first-order valence-corrected chi connectivity index (χ1v) is 9.15. The highest BCUT2D eigenvalue weighted by molar-refractivity contribution is 5.80. The maximum absolute atomic E-state index is 12.7. The molecule has 0 atom stereocenters. The second-order valence-electron chi connectivity index (χ2n) is 7.34. The van der Waals surface area contributed by atoms with Crippen LogP contribution in [0.25, 0.3) is 10.9 Å². The van der Waals surface area contributed by atoms with Gasteiger partial charge in [0.25, 0.3) is 0 Å². The van der Waals surface area contributed by atoms with Gasteiger partial charge in [-0.05, 0) is 48.3 Å². The highest BCUT2D eigenvalue weighted by atomic mass is 16.2. The Morgan fingerprint density at radius 1 is 1.13 bits per heavy atom. The molecule has 3 nitrogen and oxygen atoms in total. The highest BCUT2D eigenvalue weighted by Gasteiger charge is 2.32. The Hall–Kier alpha value is -1.77. The molecular weight excluding hydrogens is 284 g/mol. The van der Waals surface area contributed by atoms with Crippen LogP contribution in [0.3, 0.4) is 0 Å². The lowest BCUT2D eigenvalue weighted by Crippen LogP contribution is -2.32. The summed E-state index contributed by atoms with van der Waals surface area (Å²) in [7, 11) is 0. The van der Waals surface area contributed by atoms with Gasteiger partial charge < -0.3 is 9.88 Å². The zero-order valence-corrected chi connectivity index (χ0v) is 13.8. The first-order chi connectivity index (χ1) is 11.3. The largest absolute Gasteiger partial charge is 0.361 e. The Labute approximate surface area is 138 Å². The molecule has 23 heavy (non-hydrogen) atoms. The van der Waals surface area contributed by atoms with Gasteiger partial charge in [0, 0.05) is 30.7 Å². The van der Waals surface area contributed by atoms with Crippen molar-refractivity contribution in [3.8, 4) is 0 Å². The minimum Gasteiger partial charge on any atom is -0.361 e. The van der Waals surface area contributed by atoms with Crippen LogP contribution in [0.1, 0.15) is 56.9 Å². The summed E-state index contributed by atoms with van der Waals surface area (Å²) in [4.78, 5) is 18.1. The molecule has 1 aromatic carbocycles. The van der Waals surface area contributed by atoms with Crippen molar-refractivity contribution in [1.82, 2.24) is 9.88 Å². The van der Waals surface area contributed by atoms with Gasteiger partial charge in [0.1, 0.15) is 0 Å². The third-order valence-electron chi connectivity index (χ3n) is 5.52. The molecule has 0 saturated heterocycles. The standard InChI is InChI=1S/C20H26N2O/c23-20(10-6-15-3-1-2-4-15)22(18-8-9-18)14-16-5-7-17-11-12-21-19(17)13-16/h5,7,11-13,15,18,21H,1-4,6,8-10,14H2. The zero-order valence-electron chi connectivity index (χ0n) is 13.8. The molecule has 3 heteroatoms. The van der Waals surface area contributed by atoms with Gasteiger partial charge in [0.05, 0.1) is 0 Å². The van der Waals surface area contributed by atoms with Crippen LogP contribution in [0, 0.1) is 5.92 Å². The molecule has 1 amide bonds. The number of nitrogens with zero attached hydrogens (tertiary/aromatic N) is 1. The van der Waals surface area contributed by atoms with Gasteiger partial charge in [-0.1, -0.05) is 37.8 Å². The monoisotopic (exact) mass is 310 g/mol. The quantitative estimate of drug-likeness (QED) is 0.829. The van der Waals surface area contributed by atoms with Crippen LogP contribution in [0.5, 0.6) is 0 Å². The Bertz CT molecular complexity index is 680. The van der Waals surface area contributed by atoms with E-state index in [-0.39, 0.29) is 0 Å². The van der Waals surface area contributed by atoms with E-state index in [0.717, 1.165) is 30.8 Å². The van der Waals surface area contributed by atoms with E-state index in [2.05, 4.69) is 34.1 Å². The van der Waals surface area contributed by atoms with E-state index in [1.165, 1.54) is 49.5 Å². The molecular formula is C20H26N2O. The van der Waals surface area contributed by atoms with Gasteiger partial charge in [0.15, 0.2) is 0 Å². The van der Waals surface area contributed by atoms with Gasteiger partial charge >= 0.3 is 0 Å². The van der Waals surface area contributed by atoms with E-state index in [1.54, 1.807) is 0 Å². The molecule has 122 valence electrons. The van der Waals surface area contributed by atoms with Crippen molar-refractivity contribution >= 4 is 16.8 Å². The molecule has 2 saturated carbocycles. The minimum atomic E-state index is 0.367. The van der Waals surface area contributed by atoms with Gasteiger partial charge in [-0.15, -0.1) is 0 Å². The fourth-order valence-electron chi connectivity index (χ4n) is 3.97. The fraction of sp³-hybridized carbons (Fsp3) is 0.550. The van der Waals surface area contributed by atoms with Gasteiger partial charge in [0.2, 0.25) is 5.91 Å². The molecule has 1 aromatic heterocycles. The van der Waals surface area contributed by atoms with Crippen LogP contribution in [0.4, 0.5) is 0 Å². The van der Waals surface area contributed by atoms with Gasteiger partial charge in [-0.25, -0.2) is 0 Å². The van der Waals surface area contributed by atoms with Crippen LogP contribution in [0.2, 0.25) is 0 Å². The summed E-state index contributed by atoms with van der Waals surface area (Å²) in [6.07, 6.45) is 11.6. The average Bonchev–Trinajstić information content (AvgIpc) is 3.08. The van der Waals surface area contributed by atoms with Crippen molar-refractivity contribution < 1.29 is 4.79 Å². The molecule has 0 unspecified atom stereocenters. The Balaban J connectivity index is 1.41. The Morgan fingerprint density at radius 2 is 1.96 bits per heavy atom. The van der Waals surface area contributed by atoms with Crippen LogP contribution < -0.4 is 0 Å². The predicted molar refractivity (Wildman–Crippen MR) is 93.1 cm³/mol. The molecule has 2 aliphatic rings. The molecule has 0 radical (unpaired) electrons. The van der Waals surface area contributed by atoms with Gasteiger partial charge in [-0.2, -0.15) is 0 Å². The molecule has 1 N–H and O–H groups in total. The fourth-order valence-corrected chi connectivity index (χ4v) is 3.97. The van der Waals surface area contributed by atoms with Crippen molar-refractivity contribution in [2.24, 2.45) is 5.92 Å². The number of H-pyrrole nitrogens is 1. The number of nitrogens with one attached hydrogen (secondary N) is 1. The van der Waals surface area contributed by atoms with Crippen molar-refractivity contribution in [2.45, 2.75) is 64.0 Å². The first kappa shape index (κ1) is 14.8. The second kappa shape index (κ2) is 6.38. The van der Waals surface area contributed by atoms with E-state index in [4.69, 9.17) is 0 Å². The maximum Gasteiger partial charge on any atom is 0.223 e. The molecule has 0 aliphatic heterocycles. The second-order valence-corrected chi connectivity index (χ2v) is 7.34. The van der Waals surface area contributed by atoms with E-state index >= 15 is 0 Å². The number of benzene rings is 1. The maximum atomic E-state index is 12.7. The SMILES string of the molecule is O=C(CCC1CCCC1)N(Cc1ccc2cc[nH]c2c1)C1CC1. The van der Waals surface area contributed by atoms with Crippen molar-refractivity contribution in [3.05, 3.63) is 36.0 Å². The van der Waals surface area contributed by atoms with Crippen LogP contribution >= 0.6 is 0 Å². The molecule has 2 aliphatic carbocycles. The molecule has 0 spiro atoms. The smallest absolute Gasteiger partial charge is 0.223 e. The van der Waals surface area contributed by atoms with E-state index in [9.17, 15) is 4.79 Å². The lowest BCUT2D eigenvalue weighted by molar-refractivity contribution is -0.132. The first-order valence-electron chi connectivity index (χ1n) is 9.15. The van der Waals surface area contributed by atoms with E-state index < -0.39 is 0 Å². The summed E-state index contributed by atoms with van der Waals surface area (Å²) in [5, 5.41) is 1.24. The Morgan fingerprint density at radius 3 is 2.74 bits per heavy atom. The number of carbonyl (C=O) groups excluding carboxylic acids is 1. The predicted octanol–water partition coefficient (Wildman–Crippen LogP) is 4.63. The number of aromatic nitrogens is 1. The average molecular weight is 310 g/mol. The lowest BCUT2D eigenvalue weighted by atomic mass is 10.0. The summed E-state index contributed by atoms with van der Waals surface area (Å²) >= 11 is 0. The zero-order chi connectivity index (χ0) is 15.6. The molecule has 1 heterocycles. The number of carbonyl (C=O) groups is 1. The van der Waals surface area contributed by atoms with Crippen molar-refractivity contribution in [2.75, 3.05) is 0 Å². The number of hydrogen-bond acceptors (Lipinski definition) is 1. The van der Waals surface area contributed by atoms with Gasteiger partial charge in [-0.3, -0.25) is 4.79 Å². The molecule has 2 fully saturated rings. The van der Waals surface area contributed by atoms with Crippen LogP contribution in [-0.2, 0) is 11.3 Å². The molecule has 2 aromatic rings. The van der Waals surface area contributed by atoms with Crippen molar-refractivity contribution in [3.63, 3.8) is 0 Å². The Kier molecular flexibility index (Phi) is 4.11. The van der Waals surface area contributed by atoms with Crippen LogP contribution in [-0.4, -0.2) is 21.8 Å². The summed E-state index contributed by atoms with van der Waals surface area (Å²) in [6, 6.07) is 9.08. The number of fused-ring (bicyclic) bond motifs is 1. The third-order valence-corrected chi connectivity index (χ3v) is 5.52. The number of aromatic amines is 1. The third kappa shape index (κ3) is 3.44. The molecule has 4 rings (SSSR count). The summed E-state index contributed by atoms with van der Waals surface area (Å²) in [5.74, 6) is 1.17.